The number of methoxy groups -OCH3 is 1. The molecule has 0 amide bonds. The fourth-order valence-corrected chi connectivity index (χ4v) is 4.22. The minimum absolute atomic E-state index is 0.129. The smallest absolute Gasteiger partial charge is 0.118 e. The monoisotopic (exact) mass is 311 g/mol. The Bertz CT molecular complexity index is 443. The first-order valence-electron chi connectivity index (χ1n) is 7.56. The van der Waals surface area contributed by atoms with E-state index in [4.69, 9.17) is 9.47 Å². The Morgan fingerprint density at radius 3 is 2.57 bits per heavy atom. The molecular formula is C16H25NO3S. The van der Waals surface area contributed by atoms with Gasteiger partial charge >= 0.3 is 0 Å². The standard InChI is InChI=1S/C16H25NO3S/c1-3-17-16(13-4-6-14(19-2)7-5-13)12-21(18)15-8-10-20-11-9-15/h4-7,15-17H,3,8-12H2,1-2H3. The minimum Gasteiger partial charge on any atom is -0.497 e. The molecule has 0 aromatic heterocycles. The summed E-state index contributed by atoms with van der Waals surface area (Å²) < 4.78 is 23.1. The summed E-state index contributed by atoms with van der Waals surface area (Å²) in [4.78, 5) is 0. The highest BCUT2D eigenvalue weighted by Crippen LogP contribution is 2.21. The zero-order valence-electron chi connectivity index (χ0n) is 12.8. The number of hydrogen-bond donors (Lipinski definition) is 1. The number of ether oxygens (including phenoxy) is 2. The molecule has 4 nitrogen and oxygen atoms in total. The molecule has 5 heteroatoms. The first-order valence-corrected chi connectivity index (χ1v) is 8.95. The van der Waals surface area contributed by atoms with E-state index in [-0.39, 0.29) is 11.3 Å². The third kappa shape index (κ3) is 4.80. The van der Waals surface area contributed by atoms with Gasteiger partial charge in [0.2, 0.25) is 0 Å². The molecule has 0 saturated carbocycles. The van der Waals surface area contributed by atoms with Gasteiger partial charge in [0.25, 0.3) is 0 Å². The Labute approximate surface area is 129 Å². The average molecular weight is 311 g/mol. The molecule has 1 saturated heterocycles. The van der Waals surface area contributed by atoms with Crippen LogP contribution >= 0.6 is 0 Å². The summed E-state index contributed by atoms with van der Waals surface area (Å²) in [6.45, 7) is 4.42. The Morgan fingerprint density at radius 1 is 1.33 bits per heavy atom. The molecule has 0 aliphatic carbocycles. The van der Waals surface area contributed by atoms with Gasteiger partial charge in [-0.05, 0) is 37.1 Å². The average Bonchev–Trinajstić information content (AvgIpc) is 2.55. The van der Waals surface area contributed by atoms with Crippen molar-refractivity contribution in [1.82, 2.24) is 5.32 Å². The molecule has 0 radical (unpaired) electrons. The summed E-state index contributed by atoms with van der Waals surface area (Å²) in [6, 6.07) is 8.14. The van der Waals surface area contributed by atoms with Crippen LogP contribution in [0.4, 0.5) is 0 Å². The summed E-state index contributed by atoms with van der Waals surface area (Å²) in [5.74, 6) is 1.50. The fourth-order valence-electron chi connectivity index (χ4n) is 2.59. The van der Waals surface area contributed by atoms with E-state index < -0.39 is 10.8 Å². The largest absolute Gasteiger partial charge is 0.497 e. The lowest BCUT2D eigenvalue weighted by atomic mass is 10.1. The predicted molar refractivity (Wildman–Crippen MR) is 86.3 cm³/mol. The SMILES string of the molecule is CCNC(CS(=O)C1CCOCC1)c1ccc(OC)cc1. The summed E-state index contributed by atoms with van der Waals surface area (Å²) in [7, 11) is 0.844. The van der Waals surface area contributed by atoms with Crippen LogP contribution in [0.15, 0.2) is 24.3 Å². The Balaban J connectivity index is 2.01. The van der Waals surface area contributed by atoms with Gasteiger partial charge in [-0.3, -0.25) is 4.21 Å². The second kappa shape index (κ2) is 8.51. The maximum atomic E-state index is 12.6. The zero-order valence-corrected chi connectivity index (χ0v) is 13.7. The van der Waals surface area contributed by atoms with Crippen molar-refractivity contribution in [2.45, 2.75) is 31.1 Å². The number of nitrogens with one attached hydrogen (secondary N) is 1. The van der Waals surface area contributed by atoms with Crippen molar-refractivity contribution < 1.29 is 13.7 Å². The maximum Gasteiger partial charge on any atom is 0.118 e. The molecule has 1 heterocycles. The Morgan fingerprint density at radius 2 is 2.00 bits per heavy atom. The zero-order chi connectivity index (χ0) is 15.1. The lowest BCUT2D eigenvalue weighted by Crippen LogP contribution is -2.32. The van der Waals surface area contributed by atoms with Gasteiger partial charge in [-0.2, -0.15) is 0 Å². The fraction of sp³-hybridized carbons (Fsp3) is 0.625. The molecule has 0 spiro atoms. The molecule has 21 heavy (non-hydrogen) atoms. The third-order valence-electron chi connectivity index (χ3n) is 3.84. The van der Waals surface area contributed by atoms with Crippen molar-refractivity contribution in [3.8, 4) is 5.75 Å². The van der Waals surface area contributed by atoms with Crippen molar-refractivity contribution >= 4 is 10.8 Å². The van der Waals surface area contributed by atoms with Crippen molar-refractivity contribution in [2.75, 3.05) is 32.6 Å². The van der Waals surface area contributed by atoms with Crippen molar-refractivity contribution in [3.63, 3.8) is 0 Å². The van der Waals surface area contributed by atoms with E-state index in [0.29, 0.717) is 5.75 Å². The van der Waals surface area contributed by atoms with Gasteiger partial charge in [0, 0.05) is 41.1 Å². The third-order valence-corrected chi connectivity index (χ3v) is 5.72. The summed E-state index contributed by atoms with van der Waals surface area (Å²) in [5.41, 5.74) is 1.16. The van der Waals surface area contributed by atoms with Gasteiger partial charge < -0.3 is 14.8 Å². The van der Waals surface area contributed by atoms with Crippen LogP contribution in [0.2, 0.25) is 0 Å². The molecule has 2 atom stereocenters. The van der Waals surface area contributed by atoms with Crippen LogP contribution < -0.4 is 10.1 Å². The van der Waals surface area contributed by atoms with E-state index in [1.165, 1.54) is 0 Å². The van der Waals surface area contributed by atoms with Crippen LogP contribution in [-0.4, -0.2) is 42.1 Å². The highest BCUT2D eigenvalue weighted by molar-refractivity contribution is 7.85. The Hall–Kier alpha value is -0.910. The Kier molecular flexibility index (Phi) is 6.67. The topological polar surface area (TPSA) is 47.6 Å². The molecule has 2 unspecified atom stereocenters. The van der Waals surface area contributed by atoms with Gasteiger partial charge in [-0.1, -0.05) is 19.1 Å². The van der Waals surface area contributed by atoms with Gasteiger partial charge in [0.05, 0.1) is 7.11 Å². The van der Waals surface area contributed by atoms with Crippen molar-refractivity contribution in [3.05, 3.63) is 29.8 Å². The van der Waals surface area contributed by atoms with Gasteiger partial charge in [-0.25, -0.2) is 0 Å². The van der Waals surface area contributed by atoms with Crippen LogP contribution in [0.25, 0.3) is 0 Å². The van der Waals surface area contributed by atoms with Crippen LogP contribution in [0.5, 0.6) is 5.75 Å². The van der Waals surface area contributed by atoms with E-state index in [9.17, 15) is 4.21 Å². The van der Waals surface area contributed by atoms with Crippen LogP contribution in [0, 0.1) is 0 Å². The molecule has 0 bridgehead atoms. The summed E-state index contributed by atoms with van der Waals surface area (Å²) >= 11 is 0. The number of rotatable bonds is 7. The molecular weight excluding hydrogens is 286 g/mol. The van der Waals surface area contributed by atoms with Crippen LogP contribution in [0.3, 0.4) is 0 Å². The highest BCUT2D eigenvalue weighted by Gasteiger charge is 2.23. The van der Waals surface area contributed by atoms with Gasteiger partial charge in [0.15, 0.2) is 0 Å². The first kappa shape index (κ1) is 16.5. The highest BCUT2D eigenvalue weighted by atomic mass is 32.2. The minimum atomic E-state index is -0.819. The summed E-state index contributed by atoms with van der Waals surface area (Å²) in [6.07, 6.45) is 1.82. The molecule has 1 N–H and O–H groups in total. The van der Waals surface area contributed by atoms with Crippen LogP contribution in [-0.2, 0) is 15.5 Å². The molecule has 1 aromatic rings. The lowest BCUT2D eigenvalue weighted by molar-refractivity contribution is 0.0992. The van der Waals surface area contributed by atoms with E-state index in [2.05, 4.69) is 12.2 Å². The quantitative estimate of drug-likeness (QED) is 0.839. The molecule has 1 aromatic carbocycles. The van der Waals surface area contributed by atoms with E-state index in [1.807, 2.05) is 24.3 Å². The number of hydrogen-bond acceptors (Lipinski definition) is 4. The molecule has 2 rings (SSSR count). The number of benzene rings is 1. The van der Waals surface area contributed by atoms with E-state index in [1.54, 1.807) is 7.11 Å². The van der Waals surface area contributed by atoms with E-state index >= 15 is 0 Å². The second-order valence-corrected chi connectivity index (χ2v) is 7.00. The summed E-state index contributed by atoms with van der Waals surface area (Å²) in [5, 5.41) is 3.72. The van der Waals surface area contributed by atoms with Crippen molar-refractivity contribution in [2.24, 2.45) is 0 Å². The molecule has 1 aliphatic heterocycles. The molecule has 1 aliphatic rings. The van der Waals surface area contributed by atoms with Gasteiger partial charge in [-0.15, -0.1) is 0 Å². The van der Waals surface area contributed by atoms with E-state index in [0.717, 1.165) is 43.9 Å². The van der Waals surface area contributed by atoms with Gasteiger partial charge in [0.1, 0.15) is 5.75 Å². The van der Waals surface area contributed by atoms with Crippen molar-refractivity contribution in [1.29, 1.82) is 0 Å². The van der Waals surface area contributed by atoms with Crippen LogP contribution in [0.1, 0.15) is 31.4 Å². The molecule has 1 fully saturated rings. The first-order chi connectivity index (χ1) is 10.2. The lowest BCUT2D eigenvalue weighted by Gasteiger charge is -2.25. The molecule has 118 valence electrons. The normalized spacial score (nSPS) is 19.1. The predicted octanol–water partition coefficient (Wildman–Crippen LogP) is 2.27. The second-order valence-electron chi connectivity index (χ2n) is 5.24. The maximum absolute atomic E-state index is 12.6.